The van der Waals surface area contributed by atoms with Gasteiger partial charge in [0.25, 0.3) is 0 Å². The Labute approximate surface area is 123 Å². The molecule has 0 aliphatic rings. The third kappa shape index (κ3) is 2.87. The highest BCUT2D eigenvalue weighted by Gasteiger charge is 2.18. The van der Waals surface area contributed by atoms with Crippen molar-refractivity contribution in [1.29, 1.82) is 0 Å². The summed E-state index contributed by atoms with van der Waals surface area (Å²) in [6.07, 6.45) is 1.70. The van der Waals surface area contributed by atoms with Crippen LogP contribution in [0.15, 0.2) is 53.1 Å². The van der Waals surface area contributed by atoms with E-state index in [1.54, 1.807) is 6.26 Å². The van der Waals surface area contributed by atoms with E-state index in [1.807, 2.05) is 42.5 Å². The van der Waals surface area contributed by atoms with Crippen LogP contribution in [0.25, 0.3) is 11.3 Å². The van der Waals surface area contributed by atoms with Crippen LogP contribution in [0.3, 0.4) is 0 Å². The van der Waals surface area contributed by atoms with E-state index in [9.17, 15) is 0 Å². The van der Waals surface area contributed by atoms with Crippen LogP contribution >= 0.6 is 0 Å². The number of aromatic nitrogens is 3. The van der Waals surface area contributed by atoms with Gasteiger partial charge >= 0.3 is 0 Å². The van der Waals surface area contributed by atoms with Crippen LogP contribution in [-0.4, -0.2) is 27.4 Å². The molecule has 5 heteroatoms. The molecule has 1 N–H and O–H groups in total. The van der Waals surface area contributed by atoms with Crippen molar-refractivity contribution in [2.24, 2.45) is 0 Å². The van der Waals surface area contributed by atoms with E-state index < -0.39 is 0 Å². The fraction of sp³-hybridized carbons (Fsp3) is 0.250. The van der Waals surface area contributed by atoms with Gasteiger partial charge < -0.3 is 4.42 Å². The van der Waals surface area contributed by atoms with Crippen molar-refractivity contribution < 1.29 is 4.42 Å². The second kappa shape index (κ2) is 5.93. The average Bonchev–Trinajstić information content (AvgIpc) is 3.19. The van der Waals surface area contributed by atoms with E-state index in [0.717, 1.165) is 22.7 Å². The van der Waals surface area contributed by atoms with Gasteiger partial charge in [0.2, 0.25) is 0 Å². The molecule has 0 saturated heterocycles. The Morgan fingerprint density at radius 3 is 2.67 bits per heavy atom. The first-order chi connectivity index (χ1) is 10.3. The molecule has 0 amide bonds. The maximum absolute atomic E-state index is 5.46. The van der Waals surface area contributed by atoms with E-state index in [1.165, 1.54) is 0 Å². The monoisotopic (exact) mass is 282 g/mol. The summed E-state index contributed by atoms with van der Waals surface area (Å²) < 4.78 is 5.46. The number of furan rings is 1. The topological polar surface area (TPSA) is 58.0 Å². The summed E-state index contributed by atoms with van der Waals surface area (Å²) in [5.74, 6) is 0.947. The summed E-state index contributed by atoms with van der Waals surface area (Å²) in [7, 11) is 2.05. The number of H-pyrrole nitrogens is 1. The van der Waals surface area contributed by atoms with E-state index in [4.69, 9.17) is 4.42 Å². The molecular formula is C16H18N4O. The molecule has 0 unspecified atom stereocenters. The van der Waals surface area contributed by atoms with Gasteiger partial charge in [-0.25, -0.2) is 0 Å². The lowest BCUT2D eigenvalue weighted by Crippen LogP contribution is -2.22. The number of benzene rings is 1. The quantitative estimate of drug-likeness (QED) is 0.780. The third-order valence-corrected chi connectivity index (χ3v) is 3.68. The molecule has 1 aromatic carbocycles. The van der Waals surface area contributed by atoms with E-state index in [0.29, 0.717) is 6.54 Å². The lowest BCUT2D eigenvalue weighted by Gasteiger charge is -2.22. The smallest absolute Gasteiger partial charge is 0.120 e. The van der Waals surface area contributed by atoms with Gasteiger partial charge in [0.1, 0.15) is 17.1 Å². The summed E-state index contributed by atoms with van der Waals surface area (Å²) in [6, 6.07) is 14.2. The molecule has 0 spiro atoms. The molecule has 3 rings (SSSR count). The van der Waals surface area contributed by atoms with Gasteiger partial charge in [0.05, 0.1) is 12.3 Å². The van der Waals surface area contributed by atoms with Crippen molar-refractivity contribution in [3.05, 3.63) is 60.2 Å². The number of aromatic amines is 1. The van der Waals surface area contributed by atoms with Crippen LogP contribution in [0.2, 0.25) is 0 Å². The molecule has 1 atom stereocenters. The number of nitrogens with zero attached hydrogens (tertiary/aromatic N) is 3. The molecular weight excluding hydrogens is 264 g/mol. The summed E-state index contributed by atoms with van der Waals surface area (Å²) >= 11 is 0. The largest absolute Gasteiger partial charge is 0.468 e. The molecule has 0 bridgehead atoms. The highest BCUT2D eigenvalue weighted by Crippen LogP contribution is 2.24. The van der Waals surface area contributed by atoms with Crippen LogP contribution < -0.4 is 0 Å². The summed E-state index contributed by atoms with van der Waals surface area (Å²) in [4.78, 5) is 2.18. The van der Waals surface area contributed by atoms with Crippen LogP contribution in [0.1, 0.15) is 24.4 Å². The third-order valence-electron chi connectivity index (χ3n) is 3.68. The van der Waals surface area contributed by atoms with Crippen molar-refractivity contribution in [2.75, 3.05) is 7.05 Å². The zero-order valence-corrected chi connectivity index (χ0v) is 12.2. The number of nitrogens with one attached hydrogen (secondary N) is 1. The van der Waals surface area contributed by atoms with Crippen molar-refractivity contribution in [2.45, 2.75) is 19.5 Å². The Balaban J connectivity index is 1.78. The SMILES string of the molecule is C[C@H](c1ccco1)N(C)Cc1n[nH]nc1-c1ccccc1. The minimum absolute atomic E-state index is 0.181. The summed E-state index contributed by atoms with van der Waals surface area (Å²) in [6.45, 7) is 2.81. The predicted octanol–water partition coefficient (Wildman–Crippen LogP) is 3.26. The molecule has 2 aromatic heterocycles. The van der Waals surface area contributed by atoms with Gasteiger partial charge in [-0.05, 0) is 26.1 Å². The fourth-order valence-corrected chi connectivity index (χ4v) is 2.31. The Hall–Kier alpha value is -2.40. The normalized spacial score (nSPS) is 12.7. The van der Waals surface area contributed by atoms with E-state index in [2.05, 4.69) is 34.3 Å². The molecule has 3 aromatic rings. The summed E-state index contributed by atoms with van der Waals surface area (Å²) in [5.41, 5.74) is 2.90. The number of rotatable bonds is 5. The lowest BCUT2D eigenvalue weighted by molar-refractivity contribution is 0.221. The number of hydrogen-bond acceptors (Lipinski definition) is 4. The van der Waals surface area contributed by atoms with Gasteiger partial charge in [0.15, 0.2) is 0 Å². The Morgan fingerprint density at radius 2 is 1.95 bits per heavy atom. The molecule has 0 fully saturated rings. The second-order valence-electron chi connectivity index (χ2n) is 5.09. The van der Waals surface area contributed by atoms with Crippen molar-refractivity contribution in [1.82, 2.24) is 20.3 Å². The van der Waals surface area contributed by atoms with Crippen molar-refractivity contribution in [3.8, 4) is 11.3 Å². The Bertz CT molecular complexity index is 675. The maximum atomic E-state index is 5.46. The molecule has 2 heterocycles. The van der Waals surface area contributed by atoms with Gasteiger partial charge in [-0.3, -0.25) is 4.90 Å². The molecule has 5 nitrogen and oxygen atoms in total. The highest BCUT2D eigenvalue weighted by molar-refractivity contribution is 5.60. The maximum Gasteiger partial charge on any atom is 0.120 e. The first-order valence-electron chi connectivity index (χ1n) is 6.94. The van der Waals surface area contributed by atoms with Crippen LogP contribution in [0.4, 0.5) is 0 Å². The number of hydrogen-bond donors (Lipinski definition) is 1. The minimum Gasteiger partial charge on any atom is -0.468 e. The van der Waals surface area contributed by atoms with E-state index in [-0.39, 0.29) is 6.04 Å². The first-order valence-corrected chi connectivity index (χ1v) is 6.94. The predicted molar refractivity (Wildman–Crippen MR) is 80.4 cm³/mol. The average molecular weight is 282 g/mol. The Morgan fingerprint density at radius 1 is 1.14 bits per heavy atom. The second-order valence-corrected chi connectivity index (χ2v) is 5.09. The van der Waals surface area contributed by atoms with Crippen LogP contribution in [0.5, 0.6) is 0 Å². The Kier molecular flexibility index (Phi) is 3.83. The van der Waals surface area contributed by atoms with E-state index >= 15 is 0 Å². The van der Waals surface area contributed by atoms with Gasteiger partial charge in [-0.15, -0.1) is 0 Å². The molecule has 21 heavy (non-hydrogen) atoms. The van der Waals surface area contributed by atoms with Gasteiger partial charge in [-0.2, -0.15) is 15.4 Å². The van der Waals surface area contributed by atoms with Crippen LogP contribution in [-0.2, 0) is 6.54 Å². The molecule has 0 aliphatic carbocycles. The molecule has 0 radical (unpaired) electrons. The summed E-state index contributed by atoms with van der Waals surface area (Å²) in [5, 5.41) is 11.3. The molecule has 0 aliphatic heterocycles. The first kappa shape index (κ1) is 13.6. The van der Waals surface area contributed by atoms with Crippen LogP contribution in [0, 0.1) is 0 Å². The highest BCUT2D eigenvalue weighted by atomic mass is 16.3. The molecule has 0 saturated carbocycles. The van der Waals surface area contributed by atoms with Crippen molar-refractivity contribution >= 4 is 0 Å². The lowest BCUT2D eigenvalue weighted by atomic mass is 10.1. The zero-order chi connectivity index (χ0) is 14.7. The van der Waals surface area contributed by atoms with Gasteiger partial charge in [-0.1, -0.05) is 30.3 Å². The fourth-order valence-electron chi connectivity index (χ4n) is 2.31. The van der Waals surface area contributed by atoms with Crippen molar-refractivity contribution in [3.63, 3.8) is 0 Å². The minimum atomic E-state index is 0.181. The van der Waals surface area contributed by atoms with Gasteiger partial charge in [0, 0.05) is 12.1 Å². The molecule has 108 valence electrons. The zero-order valence-electron chi connectivity index (χ0n) is 12.2. The standard InChI is InChI=1S/C16H18N4O/c1-12(15-9-6-10-21-15)20(2)11-14-16(18-19-17-14)13-7-4-3-5-8-13/h3-10,12H,11H2,1-2H3,(H,17,18,19)/t12-/m1/s1.